The first kappa shape index (κ1) is 21.2. The van der Waals surface area contributed by atoms with Gasteiger partial charge in [0, 0.05) is 22.2 Å². The SMILES string of the molecule is CC(=O)N[C@@H](CC(=O)Nc1nc(-c2cc(C)c(C)cc2C)c(C)s1)c1cccs1. The summed E-state index contributed by atoms with van der Waals surface area (Å²) in [4.78, 5) is 30.9. The van der Waals surface area contributed by atoms with E-state index in [9.17, 15) is 9.59 Å². The number of nitrogens with zero attached hydrogens (tertiary/aromatic N) is 1. The maximum absolute atomic E-state index is 12.6. The molecule has 152 valence electrons. The van der Waals surface area contributed by atoms with Gasteiger partial charge in [0.15, 0.2) is 5.13 Å². The highest BCUT2D eigenvalue weighted by molar-refractivity contribution is 7.16. The number of aromatic nitrogens is 1. The molecule has 3 rings (SSSR count). The van der Waals surface area contributed by atoms with Crippen LogP contribution in [0, 0.1) is 27.7 Å². The standard InChI is InChI=1S/C22H25N3O2S2/c1-12-9-14(3)17(10-13(12)2)21-15(4)29-22(25-21)24-20(27)11-18(23-16(5)26)19-7-6-8-28-19/h6-10,18H,11H2,1-5H3,(H,23,26)(H,24,25,27)/t18-/m0/s1. The molecular weight excluding hydrogens is 402 g/mol. The summed E-state index contributed by atoms with van der Waals surface area (Å²) in [6.45, 7) is 9.75. The van der Waals surface area contributed by atoms with Crippen LogP contribution in [-0.4, -0.2) is 16.8 Å². The quantitative estimate of drug-likeness (QED) is 0.560. The predicted octanol–water partition coefficient (Wildman–Crippen LogP) is 5.31. The third-order valence-corrected chi connectivity index (χ3v) is 6.66. The van der Waals surface area contributed by atoms with Gasteiger partial charge < -0.3 is 10.6 Å². The van der Waals surface area contributed by atoms with Crippen LogP contribution in [0.3, 0.4) is 0 Å². The number of nitrogens with one attached hydrogen (secondary N) is 2. The summed E-state index contributed by atoms with van der Waals surface area (Å²) in [5, 5.41) is 8.27. The van der Waals surface area contributed by atoms with Crippen LogP contribution in [0.5, 0.6) is 0 Å². The summed E-state index contributed by atoms with van der Waals surface area (Å²) in [6, 6.07) is 7.82. The molecule has 2 N–H and O–H groups in total. The Morgan fingerprint density at radius 3 is 2.48 bits per heavy atom. The van der Waals surface area contributed by atoms with Crippen LogP contribution in [0.1, 0.15) is 45.8 Å². The lowest BCUT2D eigenvalue weighted by molar-refractivity contribution is -0.120. The van der Waals surface area contributed by atoms with E-state index >= 15 is 0 Å². The molecule has 0 fully saturated rings. The largest absolute Gasteiger partial charge is 0.348 e. The summed E-state index contributed by atoms with van der Waals surface area (Å²) in [7, 11) is 0. The molecular formula is C22H25N3O2S2. The molecule has 0 saturated carbocycles. The predicted molar refractivity (Wildman–Crippen MR) is 121 cm³/mol. The minimum Gasteiger partial charge on any atom is -0.348 e. The summed E-state index contributed by atoms with van der Waals surface area (Å²) in [6.07, 6.45) is 0.163. The van der Waals surface area contributed by atoms with Crippen LogP contribution in [0.2, 0.25) is 0 Å². The molecule has 0 aliphatic rings. The summed E-state index contributed by atoms with van der Waals surface area (Å²) in [5.41, 5.74) is 5.64. The smallest absolute Gasteiger partial charge is 0.228 e. The molecule has 0 bridgehead atoms. The van der Waals surface area contributed by atoms with E-state index in [4.69, 9.17) is 0 Å². The molecule has 2 heterocycles. The van der Waals surface area contributed by atoms with Crippen molar-refractivity contribution in [3.63, 3.8) is 0 Å². The van der Waals surface area contributed by atoms with Crippen LogP contribution in [0.15, 0.2) is 29.6 Å². The van der Waals surface area contributed by atoms with Crippen LogP contribution in [-0.2, 0) is 9.59 Å². The molecule has 3 aromatic rings. The van der Waals surface area contributed by atoms with E-state index in [1.165, 1.54) is 46.3 Å². The van der Waals surface area contributed by atoms with Gasteiger partial charge in [0.05, 0.1) is 18.2 Å². The number of thiophene rings is 1. The average molecular weight is 428 g/mol. The highest BCUT2D eigenvalue weighted by atomic mass is 32.1. The first-order valence-corrected chi connectivity index (χ1v) is 11.1. The molecule has 0 unspecified atom stereocenters. The monoisotopic (exact) mass is 427 g/mol. The highest BCUT2D eigenvalue weighted by Gasteiger charge is 2.20. The second-order valence-corrected chi connectivity index (χ2v) is 9.38. The Morgan fingerprint density at radius 1 is 1.10 bits per heavy atom. The van der Waals surface area contributed by atoms with E-state index in [0.29, 0.717) is 5.13 Å². The topological polar surface area (TPSA) is 71.1 Å². The molecule has 0 aliphatic carbocycles. The lowest BCUT2D eigenvalue weighted by atomic mass is 9.98. The summed E-state index contributed by atoms with van der Waals surface area (Å²) in [5.74, 6) is -0.331. The molecule has 1 aromatic carbocycles. The van der Waals surface area contributed by atoms with Crippen molar-refractivity contribution in [1.82, 2.24) is 10.3 Å². The van der Waals surface area contributed by atoms with Gasteiger partial charge in [-0.05, 0) is 61.9 Å². The minimum atomic E-state index is -0.338. The molecule has 0 aliphatic heterocycles. The van der Waals surface area contributed by atoms with Crippen molar-refractivity contribution in [2.45, 2.75) is 47.1 Å². The van der Waals surface area contributed by atoms with Crippen LogP contribution in [0.4, 0.5) is 5.13 Å². The summed E-state index contributed by atoms with van der Waals surface area (Å²) < 4.78 is 0. The second kappa shape index (κ2) is 8.88. The Morgan fingerprint density at radius 2 is 1.83 bits per heavy atom. The molecule has 0 saturated heterocycles. The van der Waals surface area contributed by atoms with Gasteiger partial charge in [-0.2, -0.15) is 0 Å². The first-order chi connectivity index (χ1) is 13.7. The molecule has 1 atom stereocenters. The fraction of sp³-hybridized carbons (Fsp3) is 0.318. The van der Waals surface area contributed by atoms with Crippen LogP contribution >= 0.6 is 22.7 Å². The Bertz CT molecular complexity index is 1040. The second-order valence-electron chi connectivity index (χ2n) is 7.20. The van der Waals surface area contributed by atoms with Crippen molar-refractivity contribution in [3.8, 4) is 11.3 Å². The van der Waals surface area contributed by atoms with E-state index < -0.39 is 0 Å². The van der Waals surface area contributed by atoms with Gasteiger partial charge in [0.1, 0.15) is 0 Å². The third-order valence-electron chi connectivity index (χ3n) is 4.79. The lowest BCUT2D eigenvalue weighted by Crippen LogP contribution is -2.29. The van der Waals surface area contributed by atoms with E-state index in [1.54, 1.807) is 0 Å². The van der Waals surface area contributed by atoms with Gasteiger partial charge in [0.2, 0.25) is 11.8 Å². The minimum absolute atomic E-state index is 0.159. The van der Waals surface area contributed by atoms with Gasteiger partial charge in [-0.15, -0.1) is 22.7 Å². The Kier molecular flexibility index (Phi) is 6.49. The number of carbonyl (C=O) groups is 2. The van der Waals surface area contributed by atoms with Crippen molar-refractivity contribution in [2.24, 2.45) is 0 Å². The number of amides is 2. The van der Waals surface area contributed by atoms with Gasteiger partial charge in [-0.1, -0.05) is 12.1 Å². The molecule has 29 heavy (non-hydrogen) atoms. The maximum atomic E-state index is 12.6. The van der Waals surface area contributed by atoms with E-state index in [0.717, 1.165) is 21.0 Å². The number of hydrogen-bond donors (Lipinski definition) is 2. The number of anilines is 1. The number of carbonyl (C=O) groups excluding carboxylic acids is 2. The molecule has 2 amide bonds. The van der Waals surface area contributed by atoms with Gasteiger partial charge >= 0.3 is 0 Å². The van der Waals surface area contributed by atoms with Crippen LogP contribution < -0.4 is 10.6 Å². The van der Waals surface area contributed by atoms with E-state index in [2.05, 4.69) is 48.5 Å². The van der Waals surface area contributed by atoms with Crippen molar-refractivity contribution in [2.75, 3.05) is 5.32 Å². The van der Waals surface area contributed by atoms with Gasteiger partial charge in [0.25, 0.3) is 0 Å². The van der Waals surface area contributed by atoms with E-state index in [-0.39, 0.29) is 24.3 Å². The number of benzene rings is 1. The van der Waals surface area contributed by atoms with Crippen molar-refractivity contribution >= 4 is 39.6 Å². The number of aryl methyl sites for hydroxylation is 4. The van der Waals surface area contributed by atoms with Crippen LogP contribution in [0.25, 0.3) is 11.3 Å². The Labute approximate surface area is 179 Å². The molecule has 2 aromatic heterocycles. The zero-order valence-corrected chi connectivity index (χ0v) is 18.9. The molecule has 5 nitrogen and oxygen atoms in total. The fourth-order valence-electron chi connectivity index (χ4n) is 3.23. The van der Waals surface area contributed by atoms with Crippen molar-refractivity contribution < 1.29 is 9.59 Å². The molecule has 0 radical (unpaired) electrons. The normalized spacial score (nSPS) is 11.9. The van der Waals surface area contributed by atoms with Crippen molar-refractivity contribution in [3.05, 3.63) is 56.1 Å². The summed E-state index contributed by atoms with van der Waals surface area (Å²) >= 11 is 2.99. The zero-order valence-electron chi connectivity index (χ0n) is 17.3. The van der Waals surface area contributed by atoms with Gasteiger partial charge in [-0.25, -0.2) is 4.98 Å². The molecule has 0 spiro atoms. The fourth-order valence-corrected chi connectivity index (χ4v) is 4.85. The number of rotatable bonds is 6. The Hall–Kier alpha value is -2.51. The maximum Gasteiger partial charge on any atom is 0.228 e. The third kappa shape index (κ3) is 5.10. The highest BCUT2D eigenvalue weighted by Crippen LogP contribution is 2.34. The first-order valence-electron chi connectivity index (χ1n) is 9.40. The Balaban J connectivity index is 1.77. The number of hydrogen-bond acceptors (Lipinski definition) is 5. The zero-order chi connectivity index (χ0) is 21.1. The average Bonchev–Trinajstić information content (AvgIpc) is 3.27. The molecule has 7 heteroatoms. The van der Waals surface area contributed by atoms with Crippen molar-refractivity contribution in [1.29, 1.82) is 0 Å². The lowest BCUT2D eigenvalue weighted by Gasteiger charge is -2.15. The van der Waals surface area contributed by atoms with E-state index in [1.807, 2.05) is 24.4 Å². The van der Waals surface area contributed by atoms with Gasteiger partial charge in [-0.3, -0.25) is 9.59 Å². The number of thiazole rings is 1.